The molecule has 2 atom stereocenters. The third-order valence-corrected chi connectivity index (χ3v) is 5.62. The summed E-state index contributed by atoms with van der Waals surface area (Å²) < 4.78 is 12.0. The van der Waals surface area contributed by atoms with Crippen molar-refractivity contribution in [3.63, 3.8) is 0 Å². The Kier molecular flexibility index (Phi) is 2.77. The van der Waals surface area contributed by atoms with Gasteiger partial charge in [0.1, 0.15) is 0 Å². The van der Waals surface area contributed by atoms with Crippen molar-refractivity contribution in [2.75, 3.05) is 6.61 Å². The zero-order valence-electron chi connectivity index (χ0n) is 8.71. The molecule has 0 aliphatic carbocycles. The molecule has 0 bridgehead atoms. The molecular formula is C10H20O2Si. The van der Waals surface area contributed by atoms with Crippen molar-refractivity contribution < 1.29 is 9.16 Å². The van der Waals surface area contributed by atoms with Gasteiger partial charge in [-0.2, -0.15) is 0 Å². The lowest BCUT2D eigenvalue weighted by atomic mass is 10.0. The molecule has 0 N–H and O–H groups in total. The molecule has 3 heteroatoms. The summed E-state index contributed by atoms with van der Waals surface area (Å²) in [6.45, 7) is 5.63. The first-order valence-corrected chi connectivity index (χ1v) is 8.58. The fourth-order valence-corrected chi connectivity index (χ4v) is 4.68. The second kappa shape index (κ2) is 3.71. The van der Waals surface area contributed by atoms with E-state index in [1.165, 1.54) is 31.7 Å². The van der Waals surface area contributed by atoms with E-state index in [1.54, 1.807) is 0 Å². The van der Waals surface area contributed by atoms with Gasteiger partial charge in [0.2, 0.25) is 0 Å². The number of ether oxygens (including phenoxy) is 1. The Bertz CT molecular complexity index is 182. The number of hydrogen-bond donors (Lipinski definition) is 0. The van der Waals surface area contributed by atoms with Gasteiger partial charge >= 0.3 is 0 Å². The van der Waals surface area contributed by atoms with Crippen LogP contribution in [0.4, 0.5) is 0 Å². The summed E-state index contributed by atoms with van der Waals surface area (Å²) in [5, 5.41) is 0. The van der Waals surface area contributed by atoms with Gasteiger partial charge in [0.15, 0.2) is 8.32 Å². The highest BCUT2D eigenvalue weighted by molar-refractivity contribution is 6.71. The molecule has 2 saturated heterocycles. The monoisotopic (exact) mass is 200 g/mol. The summed E-state index contributed by atoms with van der Waals surface area (Å²) in [6.07, 6.45) is 5.79. The van der Waals surface area contributed by atoms with E-state index in [1.807, 2.05) is 0 Å². The number of hydrogen-bond acceptors (Lipinski definition) is 2. The van der Waals surface area contributed by atoms with Crippen LogP contribution < -0.4 is 0 Å². The zero-order valence-corrected chi connectivity index (χ0v) is 9.71. The van der Waals surface area contributed by atoms with E-state index in [0.717, 1.165) is 6.61 Å². The molecule has 2 nitrogen and oxygen atoms in total. The minimum atomic E-state index is -1.33. The van der Waals surface area contributed by atoms with Crippen LogP contribution in [0.2, 0.25) is 19.1 Å². The van der Waals surface area contributed by atoms with Crippen LogP contribution in [0.5, 0.6) is 0 Å². The van der Waals surface area contributed by atoms with Crippen molar-refractivity contribution in [1.82, 2.24) is 0 Å². The number of rotatable bonds is 0. The van der Waals surface area contributed by atoms with Crippen molar-refractivity contribution in [2.24, 2.45) is 0 Å². The Balaban J connectivity index is 2.03. The molecule has 0 amide bonds. The molecule has 2 rings (SSSR count). The molecule has 0 unspecified atom stereocenters. The van der Waals surface area contributed by atoms with Crippen molar-refractivity contribution in [3.8, 4) is 0 Å². The quantitative estimate of drug-likeness (QED) is 0.559. The maximum Gasteiger partial charge on any atom is 0.187 e. The fourth-order valence-electron chi connectivity index (χ4n) is 2.41. The van der Waals surface area contributed by atoms with Crippen LogP contribution in [-0.2, 0) is 9.16 Å². The standard InChI is InChI=1S/C10H20O2Si/c1-13(2)8-4-6-9-10(12-13)5-3-7-11-9/h9-10H,3-8H2,1-2H3/t9-,10+/m1/s1. The molecule has 0 aromatic carbocycles. The third-order valence-electron chi connectivity index (χ3n) is 3.12. The van der Waals surface area contributed by atoms with Gasteiger partial charge in [-0.15, -0.1) is 0 Å². The van der Waals surface area contributed by atoms with Crippen LogP contribution in [0, 0.1) is 0 Å². The van der Waals surface area contributed by atoms with Crippen molar-refractivity contribution in [1.29, 1.82) is 0 Å². The molecule has 0 aromatic heterocycles. The maximum absolute atomic E-state index is 6.22. The highest BCUT2D eigenvalue weighted by Crippen LogP contribution is 2.31. The van der Waals surface area contributed by atoms with Crippen LogP contribution in [0.25, 0.3) is 0 Å². The van der Waals surface area contributed by atoms with E-state index in [9.17, 15) is 0 Å². The Morgan fingerprint density at radius 2 is 1.85 bits per heavy atom. The Hall–Kier alpha value is 0.137. The number of fused-ring (bicyclic) bond motifs is 1. The van der Waals surface area contributed by atoms with Crippen molar-refractivity contribution in [2.45, 2.75) is 57.0 Å². The molecule has 76 valence electrons. The summed E-state index contributed by atoms with van der Waals surface area (Å²) in [4.78, 5) is 0. The average molecular weight is 200 g/mol. The van der Waals surface area contributed by atoms with Crippen LogP contribution in [-0.4, -0.2) is 27.1 Å². The molecule has 2 fully saturated rings. The summed E-state index contributed by atoms with van der Waals surface area (Å²) in [5.74, 6) is 0. The molecule has 2 aliphatic heterocycles. The molecule has 0 saturated carbocycles. The highest BCUT2D eigenvalue weighted by Gasteiger charge is 2.36. The second-order valence-corrected chi connectivity index (χ2v) is 9.11. The summed E-state index contributed by atoms with van der Waals surface area (Å²) in [6, 6.07) is 1.31. The Morgan fingerprint density at radius 3 is 2.69 bits per heavy atom. The van der Waals surface area contributed by atoms with Gasteiger partial charge in [-0.1, -0.05) is 6.42 Å². The lowest BCUT2D eigenvalue weighted by molar-refractivity contribution is -0.0645. The normalized spacial score (nSPS) is 39.2. The molecule has 13 heavy (non-hydrogen) atoms. The molecular weight excluding hydrogens is 180 g/mol. The predicted molar refractivity (Wildman–Crippen MR) is 55.4 cm³/mol. The molecule has 0 spiro atoms. The molecule has 0 aromatic rings. The van der Waals surface area contributed by atoms with Gasteiger partial charge in [-0.25, -0.2) is 0 Å². The zero-order chi connectivity index (χ0) is 9.31. The van der Waals surface area contributed by atoms with Crippen LogP contribution >= 0.6 is 0 Å². The summed E-state index contributed by atoms with van der Waals surface area (Å²) >= 11 is 0. The van der Waals surface area contributed by atoms with Crippen molar-refractivity contribution in [3.05, 3.63) is 0 Å². The Labute approximate surface area is 81.7 Å². The fraction of sp³-hybridized carbons (Fsp3) is 1.00. The lowest BCUT2D eigenvalue weighted by Crippen LogP contribution is -2.41. The van der Waals surface area contributed by atoms with Crippen molar-refractivity contribution >= 4 is 8.32 Å². The summed E-state index contributed by atoms with van der Waals surface area (Å²) in [5.41, 5.74) is 0. The van der Waals surface area contributed by atoms with Gasteiger partial charge in [0, 0.05) is 6.61 Å². The first-order valence-electron chi connectivity index (χ1n) is 5.47. The first-order chi connectivity index (χ1) is 6.17. The smallest absolute Gasteiger partial charge is 0.187 e. The molecule has 2 heterocycles. The van der Waals surface area contributed by atoms with Gasteiger partial charge in [0.25, 0.3) is 0 Å². The van der Waals surface area contributed by atoms with Crippen LogP contribution in [0.15, 0.2) is 0 Å². The van der Waals surface area contributed by atoms with Gasteiger partial charge in [-0.05, 0) is 38.4 Å². The molecule has 0 radical (unpaired) electrons. The van der Waals surface area contributed by atoms with E-state index in [4.69, 9.17) is 9.16 Å². The highest BCUT2D eigenvalue weighted by atomic mass is 28.4. The topological polar surface area (TPSA) is 18.5 Å². The van der Waals surface area contributed by atoms with E-state index in [0.29, 0.717) is 12.2 Å². The van der Waals surface area contributed by atoms with Gasteiger partial charge in [0.05, 0.1) is 12.2 Å². The van der Waals surface area contributed by atoms with Gasteiger partial charge < -0.3 is 9.16 Å². The van der Waals surface area contributed by atoms with E-state index < -0.39 is 8.32 Å². The van der Waals surface area contributed by atoms with Crippen LogP contribution in [0.1, 0.15) is 25.7 Å². The van der Waals surface area contributed by atoms with E-state index in [-0.39, 0.29) is 0 Å². The Morgan fingerprint density at radius 1 is 1.08 bits per heavy atom. The molecule has 2 aliphatic rings. The van der Waals surface area contributed by atoms with E-state index >= 15 is 0 Å². The third kappa shape index (κ3) is 2.33. The van der Waals surface area contributed by atoms with Crippen LogP contribution in [0.3, 0.4) is 0 Å². The second-order valence-electron chi connectivity index (χ2n) is 4.86. The largest absolute Gasteiger partial charge is 0.412 e. The summed E-state index contributed by atoms with van der Waals surface area (Å²) in [7, 11) is -1.33. The first kappa shape index (κ1) is 9.68. The minimum Gasteiger partial charge on any atom is -0.412 e. The SMILES string of the molecule is C[Si]1(C)CCC[C@H]2OCCC[C@@H]2O1. The van der Waals surface area contributed by atoms with E-state index in [2.05, 4.69) is 13.1 Å². The predicted octanol–water partition coefficient (Wildman–Crippen LogP) is 2.55. The van der Waals surface area contributed by atoms with Gasteiger partial charge in [-0.3, -0.25) is 0 Å². The average Bonchev–Trinajstić information content (AvgIpc) is 2.21. The maximum atomic E-state index is 6.22. The lowest BCUT2D eigenvalue weighted by Gasteiger charge is -2.33. The minimum absolute atomic E-state index is 0.419.